The number of carbonyl (C=O) groups is 3. The van der Waals surface area contributed by atoms with E-state index < -0.39 is 24.1 Å². The summed E-state index contributed by atoms with van der Waals surface area (Å²) in [5, 5.41) is 12.8. The molecular weight excluding hydrogens is 438 g/mol. The first-order chi connectivity index (χ1) is 16.5. The van der Waals surface area contributed by atoms with Crippen LogP contribution in [0.1, 0.15) is 96.8 Å². The topological polar surface area (TPSA) is 111 Å². The van der Waals surface area contributed by atoms with Gasteiger partial charge in [-0.2, -0.15) is 0 Å². The number of allylic oxidation sites excluding steroid dienone is 1. The van der Waals surface area contributed by atoms with Crippen molar-refractivity contribution >= 4 is 18.3 Å². The minimum absolute atomic E-state index is 0.101. The summed E-state index contributed by atoms with van der Waals surface area (Å²) >= 11 is 0. The van der Waals surface area contributed by atoms with E-state index in [9.17, 15) is 19.5 Å². The molecule has 0 aliphatic rings. The smallest absolute Gasteiger partial charge is 0.306 e. The van der Waals surface area contributed by atoms with Crippen molar-refractivity contribution in [2.75, 3.05) is 26.9 Å². The van der Waals surface area contributed by atoms with Gasteiger partial charge in [-0.05, 0) is 12.8 Å². The maximum atomic E-state index is 11.8. The lowest BCUT2D eigenvalue weighted by molar-refractivity contribution is -0.151. The molecule has 0 aromatic rings. The number of carbonyl (C=O) groups excluding carboxylic acids is 3. The zero-order valence-electron chi connectivity index (χ0n) is 21.3. The summed E-state index contributed by atoms with van der Waals surface area (Å²) in [4.78, 5) is 34.1. The molecule has 0 aliphatic heterocycles. The van der Waals surface area contributed by atoms with Crippen molar-refractivity contribution in [3.05, 3.63) is 12.2 Å². The van der Waals surface area contributed by atoms with Crippen molar-refractivity contribution in [3.63, 3.8) is 0 Å². The molecule has 8 nitrogen and oxygen atoms in total. The van der Waals surface area contributed by atoms with E-state index >= 15 is 0 Å². The molecule has 0 bridgehead atoms. The third-order valence-corrected chi connectivity index (χ3v) is 5.51. The molecule has 0 rings (SSSR count). The molecule has 2 atom stereocenters. The zero-order chi connectivity index (χ0) is 25.3. The molecular formula is C26H47NO7. The highest BCUT2D eigenvalue weighted by Gasteiger charge is 2.18. The van der Waals surface area contributed by atoms with E-state index in [1.807, 2.05) is 6.08 Å². The van der Waals surface area contributed by atoms with Crippen LogP contribution in [0.4, 0.5) is 0 Å². The van der Waals surface area contributed by atoms with Crippen LogP contribution in [0.2, 0.25) is 0 Å². The Bertz CT molecular complexity index is 539. The number of aliphatic hydroxyl groups excluding tert-OH is 1. The number of hydrogen-bond acceptors (Lipinski definition) is 7. The zero-order valence-corrected chi connectivity index (χ0v) is 21.3. The molecule has 0 saturated carbocycles. The van der Waals surface area contributed by atoms with Gasteiger partial charge in [0.15, 0.2) is 0 Å². The first-order valence-electron chi connectivity index (χ1n) is 12.9. The molecule has 8 heteroatoms. The van der Waals surface area contributed by atoms with Crippen molar-refractivity contribution in [2.24, 2.45) is 0 Å². The van der Waals surface area contributed by atoms with Gasteiger partial charge in [0.1, 0.15) is 13.2 Å². The Morgan fingerprint density at radius 1 is 0.853 bits per heavy atom. The normalized spacial score (nSPS) is 12.9. The summed E-state index contributed by atoms with van der Waals surface area (Å²) in [5.41, 5.74) is 0. The fourth-order valence-electron chi connectivity index (χ4n) is 3.40. The van der Waals surface area contributed by atoms with E-state index in [4.69, 9.17) is 14.2 Å². The second kappa shape index (κ2) is 24.2. The molecule has 0 spiro atoms. The van der Waals surface area contributed by atoms with Gasteiger partial charge in [-0.1, -0.05) is 83.3 Å². The standard InChI is InChI=1S/C26H47NO7/c1-3-4-5-6-7-8-9-10-11-12-13-14-15-16-24(29)23(27-22-28)21-34-26(31)18-17-25(30)33-20-19-32-2/h15-16,22-24,29H,3-14,17-21H2,1-2H3,(H,27,28)/b16-15+/t23-,24+/m0/s1. The largest absolute Gasteiger partial charge is 0.463 e. The number of amides is 1. The van der Waals surface area contributed by atoms with E-state index in [0.29, 0.717) is 13.0 Å². The molecule has 0 fully saturated rings. The molecule has 2 N–H and O–H groups in total. The van der Waals surface area contributed by atoms with Crippen molar-refractivity contribution in [1.29, 1.82) is 0 Å². The summed E-state index contributed by atoms with van der Waals surface area (Å²) in [7, 11) is 1.50. The first-order valence-corrected chi connectivity index (χ1v) is 12.9. The summed E-state index contributed by atoms with van der Waals surface area (Å²) in [6.07, 6.45) is 17.8. The number of ether oxygens (including phenoxy) is 3. The average Bonchev–Trinajstić information content (AvgIpc) is 2.83. The lowest BCUT2D eigenvalue weighted by Gasteiger charge is -2.19. The molecule has 0 aromatic carbocycles. The predicted molar refractivity (Wildman–Crippen MR) is 132 cm³/mol. The molecule has 0 radical (unpaired) electrons. The SMILES string of the molecule is CCCCCCCCCCCCC/C=C/[C@@H](O)[C@H](COC(=O)CCC(=O)OCCOC)NC=O. The van der Waals surface area contributed by atoms with Gasteiger partial charge in [-0.15, -0.1) is 0 Å². The Morgan fingerprint density at radius 3 is 1.97 bits per heavy atom. The van der Waals surface area contributed by atoms with E-state index in [1.165, 1.54) is 64.9 Å². The Balaban J connectivity index is 3.92. The van der Waals surface area contributed by atoms with Crippen molar-refractivity contribution in [1.82, 2.24) is 5.32 Å². The van der Waals surface area contributed by atoms with E-state index in [0.717, 1.165) is 19.3 Å². The van der Waals surface area contributed by atoms with Crippen LogP contribution in [0.5, 0.6) is 0 Å². The lowest BCUT2D eigenvalue weighted by atomic mass is 10.0. The molecule has 0 heterocycles. The van der Waals surface area contributed by atoms with Gasteiger partial charge in [0.05, 0.1) is 31.6 Å². The predicted octanol–water partition coefficient (Wildman–Crippen LogP) is 4.23. The van der Waals surface area contributed by atoms with Crippen molar-refractivity contribution < 1.29 is 33.7 Å². The Hall–Kier alpha value is -1.93. The van der Waals surface area contributed by atoms with Crippen molar-refractivity contribution in [2.45, 2.75) is 109 Å². The number of methoxy groups -OCH3 is 1. The van der Waals surface area contributed by atoms with Crippen LogP contribution in [0, 0.1) is 0 Å². The molecule has 198 valence electrons. The number of hydrogen-bond donors (Lipinski definition) is 2. The number of unbranched alkanes of at least 4 members (excludes halogenated alkanes) is 11. The molecule has 0 saturated heterocycles. The lowest BCUT2D eigenvalue weighted by Crippen LogP contribution is -2.42. The van der Waals surface area contributed by atoms with Gasteiger partial charge in [0.25, 0.3) is 0 Å². The minimum atomic E-state index is -0.968. The highest BCUT2D eigenvalue weighted by atomic mass is 16.6. The Labute approximate surface area is 205 Å². The molecule has 0 aliphatic carbocycles. The number of aliphatic hydroxyl groups is 1. The van der Waals surface area contributed by atoms with Crippen LogP contribution in [-0.4, -0.2) is 62.5 Å². The van der Waals surface area contributed by atoms with E-state index in [-0.39, 0.29) is 26.1 Å². The molecule has 0 aromatic heterocycles. The van der Waals surface area contributed by atoms with E-state index in [1.54, 1.807) is 6.08 Å². The second-order valence-electron chi connectivity index (χ2n) is 8.53. The fraction of sp³-hybridized carbons (Fsp3) is 0.808. The van der Waals surface area contributed by atoms with Crippen molar-refractivity contribution in [3.8, 4) is 0 Å². The summed E-state index contributed by atoms with van der Waals surface area (Å²) in [6, 6.07) is -0.747. The van der Waals surface area contributed by atoms with Crippen LogP contribution < -0.4 is 5.32 Å². The monoisotopic (exact) mass is 485 g/mol. The third-order valence-electron chi connectivity index (χ3n) is 5.51. The number of esters is 2. The van der Waals surface area contributed by atoms with Gasteiger partial charge < -0.3 is 24.6 Å². The van der Waals surface area contributed by atoms with Crippen LogP contribution in [0.25, 0.3) is 0 Å². The van der Waals surface area contributed by atoms with Crippen LogP contribution in [-0.2, 0) is 28.6 Å². The fourth-order valence-corrected chi connectivity index (χ4v) is 3.40. The molecule has 34 heavy (non-hydrogen) atoms. The molecule has 1 amide bonds. The van der Waals surface area contributed by atoms with E-state index in [2.05, 4.69) is 12.2 Å². The van der Waals surface area contributed by atoms with Gasteiger partial charge in [0, 0.05) is 7.11 Å². The molecule has 0 unspecified atom stereocenters. The Kier molecular flexibility index (Phi) is 22.8. The van der Waals surface area contributed by atoms with Gasteiger partial charge in [-0.25, -0.2) is 0 Å². The summed E-state index contributed by atoms with van der Waals surface area (Å²) < 4.78 is 14.7. The maximum absolute atomic E-state index is 11.8. The van der Waals surface area contributed by atoms with Crippen LogP contribution in [0.3, 0.4) is 0 Å². The minimum Gasteiger partial charge on any atom is -0.463 e. The van der Waals surface area contributed by atoms with Gasteiger partial charge in [-0.3, -0.25) is 14.4 Å². The number of nitrogens with one attached hydrogen (secondary N) is 1. The van der Waals surface area contributed by atoms with Gasteiger partial charge >= 0.3 is 11.9 Å². The Morgan fingerprint density at radius 2 is 1.41 bits per heavy atom. The quantitative estimate of drug-likeness (QED) is 0.0910. The van der Waals surface area contributed by atoms with Gasteiger partial charge in [0.2, 0.25) is 6.41 Å². The maximum Gasteiger partial charge on any atom is 0.306 e. The number of rotatable bonds is 24. The highest BCUT2D eigenvalue weighted by molar-refractivity contribution is 5.77. The average molecular weight is 486 g/mol. The van der Waals surface area contributed by atoms with Crippen LogP contribution in [0.15, 0.2) is 12.2 Å². The first kappa shape index (κ1) is 32.1. The second-order valence-corrected chi connectivity index (χ2v) is 8.53. The van der Waals surface area contributed by atoms with Crippen LogP contribution >= 0.6 is 0 Å². The summed E-state index contributed by atoms with van der Waals surface area (Å²) in [5.74, 6) is -1.11. The summed E-state index contributed by atoms with van der Waals surface area (Å²) in [6.45, 7) is 2.48. The highest BCUT2D eigenvalue weighted by Crippen LogP contribution is 2.12. The third kappa shape index (κ3) is 20.7.